The van der Waals surface area contributed by atoms with Crippen LogP contribution in [0.3, 0.4) is 0 Å². The summed E-state index contributed by atoms with van der Waals surface area (Å²) in [7, 11) is 0. The highest BCUT2D eigenvalue weighted by Crippen LogP contribution is 2.29. The smallest absolute Gasteiger partial charge is 0.123 e. The Hall–Kier alpha value is -1.90. The van der Waals surface area contributed by atoms with Crippen LogP contribution in [0.2, 0.25) is 5.02 Å². The lowest BCUT2D eigenvalue weighted by Crippen LogP contribution is -2.03. The van der Waals surface area contributed by atoms with E-state index >= 15 is 0 Å². The Kier molecular flexibility index (Phi) is 3.91. The summed E-state index contributed by atoms with van der Waals surface area (Å²) in [6.45, 7) is 0. The Bertz CT molecular complexity index is 780. The first-order chi connectivity index (χ1) is 10.1. The maximum Gasteiger partial charge on any atom is 0.123 e. The summed E-state index contributed by atoms with van der Waals surface area (Å²) in [5, 5.41) is 13.0. The zero-order valence-corrected chi connectivity index (χ0v) is 12.0. The molecule has 1 unspecified atom stereocenters. The Morgan fingerprint density at radius 1 is 1.00 bits per heavy atom. The number of fused-ring (bicyclic) bond motifs is 1. The van der Waals surface area contributed by atoms with Crippen LogP contribution in [-0.2, 0) is 6.42 Å². The molecular formula is C18H14ClFO. The van der Waals surface area contributed by atoms with Crippen LogP contribution < -0.4 is 0 Å². The van der Waals surface area contributed by atoms with E-state index in [2.05, 4.69) is 0 Å². The molecule has 3 rings (SSSR count). The van der Waals surface area contributed by atoms with E-state index in [0.29, 0.717) is 10.6 Å². The molecule has 0 fully saturated rings. The summed E-state index contributed by atoms with van der Waals surface area (Å²) in [5.41, 5.74) is 1.44. The van der Waals surface area contributed by atoms with Gasteiger partial charge in [0, 0.05) is 11.4 Å². The topological polar surface area (TPSA) is 20.2 Å². The van der Waals surface area contributed by atoms with E-state index in [0.717, 1.165) is 16.3 Å². The summed E-state index contributed by atoms with van der Waals surface area (Å²) in [5.74, 6) is -0.348. The number of aliphatic hydroxyl groups is 1. The quantitative estimate of drug-likeness (QED) is 0.729. The zero-order chi connectivity index (χ0) is 14.8. The van der Waals surface area contributed by atoms with Gasteiger partial charge in [-0.1, -0.05) is 54.1 Å². The van der Waals surface area contributed by atoms with Crippen molar-refractivity contribution in [3.05, 3.63) is 82.6 Å². The molecule has 0 aliphatic rings. The fourth-order valence-corrected chi connectivity index (χ4v) is 2.75. The number of hydrogen-bond donors (Lipinski definition) is 1. The largest absolute Gasteiger partial charge is 0.388 e. The molecule has 0 saturated carbocycles. The molecule has 1 atom stereocenters. The van der Waals surface area contributed by atoms with Crippen LogP contribution in [0, 0.1) is 5.82 Å². The van der Waals surface area contributed by atoms with E-state index in [1.54, 1.807) is 0 Å². The van der Waals surface area contributed by atoms with Gasteiger partial charge < -0.3 is 5.11 Å². The average Bonchev–Trinajstić information content (AvgIpc) is 2.50. The summed E-state index contributed by atoms with van der Waals surface area (Å²) < 4.78 is 13.3. The van der Waals surface area contributed by atoms with Crippen molar-refractivity contribution in [3.63, 3.8) is 0 Å². The predicted octanol–water partition coefficient (Wildman–Crippen LogP) is 4.91. The Labute approximate surface area is 127 Å². The minimum atomic E-state index is -0.726. The van der Waals surface area contributed by atoms with Crippen molar-refractivity contribution in [1.29, 1.82) is 0 Å². The predicted molar refractivity (Wildman–Crippen MR) is 84.0 cm³/mol. The summed E-state index contributed by atoms with van der Waals surface area (Å²) in [6.07, 6.45) is -0.444. The van der Waals surface area contributed by atoms with Crippen LogP contribution in [0.25, 0.3) is 10.8 Å². The highest BCUT2D eigenvalue weighted by molar-refractivity contribution is 6.31. The normalized spacial score (nSPS) is 12.5. The SMILES string of the molecule is OC(Cc1cc(F)ccc1Cl)c1cccc2ccccc12. The van der Waals surface area contributed by atoms with E-state index in [9.17, 15) is 9.50 Å². The van der Waals surface area contributed by atoms with Gasteiger partial charge in [0.25, 0.3) is 0 Å². The van der Waals surface area contributed by atoms with E-state index in [-0.39, 0.29) is 12.2 Å². The van der Waals surface area contributed by atoms with Gasteiger partial charge in [0.05, 0.1) is 6.10 Å². The third-order valence-corrected chi connectivity index (χ3v) is 3.97. The van der Waals surface area contributed by atoms with Gasteiger partial charge in [0.15, 0.2) is 0 Å². The number of rotatable bonds is 3. The van der Waals surface area contributed by atoms with Crippen LogP contribution in [0.15, 0.2) is 60.7 Å². The molecule has 21 heavy (non-hydrogen) atoms. The number of benzene rings is 3. The molecule has 0 aromatic heterocycles. The Morgan fingerprint density at radius 3 is 2.62 bits per heavy atom. The van der Waals surface area contributed by atoms with E-state index in [4.69, 9.17) is 11.6 Å². The van der Waals surface area contributed by atoms with Crippen molar-refractivity contribution in [2.24, 2.45) is 0 Å². The van der Waals surface area contributed by atoms with Crippen LogP contribution in [-0.4, -0.2) is 5.11 Å². The summed E-state index contributed by atoms with van der Waals surface area (Å²) in [4.78, 5) is 0. The molecule has 0 aliphatic heterocycles. The second kappa shape index (κ2) is 5.84. The van der Waals surface area contributed by atoms with Crippen molar-refractivity contribution < 1.29 is 9.50 Å². The fourth-order valence-electron chi connectivity index (χ4n) is 2.56. The van der Waals surface area contributed by atoms with Crippen LogP contribution >= 0.6 is 11.6 Å². The maximum atomic E-state index is 13.3. The van der Waals surface area contributed by atoms with Crippen molar-refractivity contribution >= 4 is 22.4 Å². The van der Waals surface area contributed by atoms with Gasteiger partial charge in [-0.05, 0) is 40.1 Å². The summed E-state index contributed by atoms with van der Waals surface area (Å²) in [6, 6.07) is 17.9. The second-order valence-electron chi connectivity index (χ2n) is 5.02. The van der Waals surface area contributed by atoms with Gasteiger partial charge >= 0.3 is 0 Å². The van der Waals surface area contributed by atoms with Gasteiger partial charge in [-0.25, -0.2) is 4.39 Å². The molecule has 0 bridgehead atoms. The molecule has 0 spiro atoms. The molecule has 0 aliphatic carbocycles. The number of aliphatic hydroxyl groups excluding tert-OH is 1. The Balaban J connectivity index is 1.97. The molecule has 106 valence electrons. The third-order valence-electron chi connectivity index (χ3n) is 3.60. The fraction of sp³-hybridized carbons (Fsp3) is 0.111. The van der Waals surface area contributed by atoms with E-state index in [1.807, 2.05) is 42.5 Å². The maximum absolute atomic E-state index is 13.3. The monoisotopic (exact) mass is 300 g/mol. The minimum Gasteiger partial charge on any atom is -0.388 e. The Morgan fingerprint density at radius 2 is 1.76 bits per heavy atom. The molecule has 3 aromatic carbocycles. The molecule has 0 amide bonds. The lowest BCUT2D eigenvalue weighted by molar-refractivity contribution is 0.180. The molecule has 0 saturated heterocycles. The van der Waals surface area contributed by atoms with Crippen molar-refractivity contribution in [2.45, 2.75) is 12.5 Å². The van der Waals surface area contributed by atoms with Crippen LogP contribution in [0.1, 0.15) is 17.2 Å². The van der Waals surface area contributed by atoms with Crippen LogP contribution in [0.5, 0.6) is 0 Å². The van der Waals surface area contributed by atoms with Crippen molar-refractivity contribution in [2.75, 3.05) is 0 Å². The van der Waals surface area contributed by atoms with Gasteiger partial charge in [-0.2, -0.15) is 0 Å². The first kappa shape index (κ1) is 14.1. The standard InChI is InChI=1S/C18H14ClFO/c19-17-9-8-14(20)10-13(17)11-18(21)16-7-3-5-12-4-1-2-6-15(12)16/h1-10,18,21H,11H2. The minimum absolute atomic E-state index is 0.282. The highest BCUT2D eigenvalue weighted by Gasteiger charge is 2.14. The van der Waals surface area contributed by atoms with Crippen molar-refractivity contribution in [1.82, 2.24) is 0 Å². The summed E-state index contributed by atoms with van der Waals surface area (Å²) >= 11 is 6.07. The molecule has 0 heterocycles. The zero-order valence-electron chi connectivity index (χ0n) is 11.3. The van der Waals surface area contributed by atoms with E-state index < -0.39 is 6.10 Å². The molecular weight excluding hydrogens is 287 g/mol. The average molecular weight is 301 g/mol. The third kappa shape index (κ3) is 2.92. The first-order valence-electron chi connectivity index (χ1n) is 6.75. The molecule has 0 radical (unpaired) electrons. The number of halogens is 2. The number of hydrogen-bond acceptors (Lipinski definition) is 1. The molecule has 1 nitrogen and oxygen atoms in total. The van der Waals surface area contributed by atoms with Gasteiger partial charge in [-0.15, -0.1) is 0 Å². The highest BCUT2D eigenvalue weighted by atomic mass is 35.5. The first-order valence-corrected chi connectivity index (χ1v) is 7.12. The van der Waals surface area contributed by atoms with Crippen LogP contribution in [0.4, 0.5) is 4.39 Å². The second-order valence-corrected chi connectivity index (χ2v) is 5.43. The molecule has 3 heteroatoms. The van der Waals surface area contributed by atoms with Gasteiger partial charge in [-0.3, -0.25) is 0 Å². The van der Waals surface area contributed by atoms with Gasteiger partial charge in [0.1, 0.15) is 5.82 Å². The van der Waals surface area contributed by atoms with Crippen molar-refractivity contribution in [3.8, 4) is 0 Å². The molecule has 3 aromatic rings. The van der Waals surface area contributed by atoms with E-state index in [1.165, 1.54) is 18.2 Å². The lowest BCUT2D eigenvalue weighted by atomic mass is 9.96. The van der Waals surface area contributed by atoms with Gasteiger partial charge in [0.2, 0.25) is 0 Å². The lowest BCUT2D eigenvalue weighted by Gasteiger charge is -2.15. The molecule has 1 N–H and O–H groups in total.